The quantitative estimate of drug-likeness (QED) is 0.893. The molecule has 1 unspecified atom stereocenters. The highest BCUT2D eigenvalue weighted by atomic mass is 35.5. The van der Waals surface area contributed by atoms with Crippen molar-refractivity contribution in [3.05, 3.63) is 70.5 Å². The van der Waals surface area contributed by atoms with Crippen LogP contribution in [-0.4, -0.2) is 0 Å². The van der Waals surface area contributed by atoms with Crippen LogP contribution in [0.2, 0.25) is 5.02 Å². The molecule has 0 saturated heterocycles. The average molecular weight is 264 g/mol. The van der Waals surface area contributed by atoms with Gasteiger partial charge in [0, 0.05) is 10.6 Å². The van der Waals surface area contributed by atoms with Crippen LogP contribution < -0.4 is 5.73 Å². The van der Waals surface area contributed by atoms with Gasteiger partial charge in [-0.25, -0.2) is 4.39 Å². The summed E-state index contributed by atoms with van der Waals surface area (Å²) >= 11 is 6.12. The molecule has 0 aliphatic rings. The molecule has 2 aromatic rings. The van der Waals surface area contributed by atoms with E-state index < -0.39 is 5.54 Å². The molecule has 18 heavy (non-hydrogen) atoms. The second kappa shape index (κ2) is 5.09. The van der Waals surface area contributed by atoms with Crippen LogP contribution in [0.3, 0.4) is 0 Å². The Hall–Kier alpha value is -1.38. The van der Waals surface area contributed by atoms with E-state index >= 15 is 0 Å². The van der Waals surface area contributed by atoms with Gasteiger partial charge in [0.25, 0.3) is 0 Å². The van der Waals surface area contributed by atoms with Gasteiger partial charge in [-0.15, -0.1) is 0 Å². The maximum absolute atomic E-state index is 13.2. The lowest BCUT2D eigenvalue weighted by atomic mass is 9.86. The van der Waals surface area contributed by atoms with Crippen molar-refractivity contribution in [1.82, 2.24) is 0 Å². The molecule has 0 fully saturated rings. The minimum absolute atomic E-state index is 0.275. The summed E-state index contributed by atoms with van der Waals surface area (Å²) in [5.74, 6) is -0.275. The molecular weight excluding hydrogens is 249 g/mol. The number of hydrogen-bond acceptors (Lipinski definition) is 1. The second-order valence-electron chi connectivity index (χ2n) is 4.70. The highest BCUT2D eigenvalue weighted by molar-refractivity contribution is 6.31. The van der Waals surface area contributed by atoms with Crippen molar-refractivity contribution < 1.29 is 4.39 Å². The fourth-order valence-corrected chi connectivity index (χ4v) is 2.19. The van der Waals surface area contributed by atoms with E-state index in [1.165, 1.54) is 12.1 Å². The standard InChI is InChI=1S/C15H15ClFN/c1-15(18,12-6-4-7-13(17)9-12)10-11-5-2-3-8-14(11)16/h2-9H,10,18H2,1H3. The molecule has 2 N–H and O–H groups in total. The number of benzene rings is 2. The van der Waals surface area contributed by atoms with Crippen molar-refractivity contribution in [1.29, 1.82) is 0 Å². The third-order valence-corrected chi connectivity index (χ3v) is 3.37. The van der Waals surface area contributed by atoms with E-state index in [0.29, 0.717) is 11.4 Å². The van der Waals surface area contributed by atoms with Crippen LogP contribution >= 0.6 is 11.6 Å². The summed E-state index contributed by atoms with van der Waals surface area (Å²) in [5.41, 5.74) is 7.37. The van der Waals surface area contributed by atoms with Gasteiger partial charge < -0.3 is 5.73 Å². The molecule has 1 nitrogen and oxygen atoms in total. The van der Waals surface area contributed by atoms with Crippen LogP contribution in [0, 0.1) is 5.82 Å². The van der Waals surface area contributed by atoms with Crippen molar-refractivity contribution in [3.63, 3.8) is 0 Å². The van der Waals surface area contributed by atoms with Crippen LogP contribution in [0.1, 0.15) is 18.1 Å². The van der Waals surface area contributed by atoms with Crippen LogP contribution in [0.5, 0.6) is 0 Å². The zero-order valence-electron chi connectivity index (χ0n) is 10.2. The zero-order chi connectivity index (χ0) is 13.2. The van der Waals surface area contributed by atoms with Crippen LogP contribution in [-0.2, 0) is 12.0 Å². The molecule has 2 rings (SSSR count). The van der Waals surface area contributed by atoms with Crippen LogP contribution in [0.25, 0.3) is 0 Å². The Morgan fingerprint density at radius 2 is 1.89 bits per heavy atom. The molecule has 0 radical (unpaired) electrons. The summed E-state index contributed by atoms with van der Waals surface area (Å²) in [4.78, 5) is 0. The largest absolute Gasteiger partial charge is 0.321 e. The predicted octanol–water partition coefficient (Wildman–Crippen LogP) is 3.90. The number of rotatable bonds is 3. The third kappa shape index (κ3) is 2.89. The van der Waals surface area contributed by atoms with Gasteiger partial charge in [0.1, 0.15) is 5.82 Å². The molecule has 3 heteroatoms. The third-order valence-electron chi connectivity index (χ3n) is 3.00. The van der Waals surface area contributed by atoms with E-state index in [1.807, 2.05) is 37.3 Å². The van der Waals surface area contributed by atoms with Gasteiger partial charge in [-0.05, 0) is 42.7 Å². The molecule has 0 heterocycles. The molecule has 0 aromatic heterocycles. The van der Waals surface area contributed by atoms with Gasteiger partial charge in [-0.2, -0.15) is 0 Å². The summed E-state index contributed by atoms with van der Waals surface area (Å²) in [7, 11) is 0. The van der Waals surface area contributed by atoms with E-state index in [2.05, 4.69) is 0 Å². The molecule has 0 amide bonds. The fraction of sp³-hybridized carbons (Fsp3) is 0.200. The summed E-state index contributed by atoms with van der Waals surface area (Å²) in [6.45, 7) is 1.88. The Labute approximate surface area is 111 Å². The molecule has 2 aromatic carbocycles. The number of halogens is 2. The minimum atomic E-state index is -0.646. The number of hydrogen-bond donors (Lipinski definition) is 1. The Bertz CT molecular complexity index is 552. The fourth-order valence-electron chi connectivity index (χ4n) is 1.98. The van der Waals surface area contributed by atoms with Crippen molar-refractivity contribution in [2.75, 3.05) is 0 Å². The first kappa shape index (κ1) is 13.1. The number of nitrogens with two attached hydrogens (primary N) is 1. The first-order valence-corrected chi connectivity index (χ1v) is 6.15. The van der Waals surface area contributed by atoms with Crippen LogP contribution in [0.15, 0.2) is 48.5 Å². The molecule has 0 saturated carbocycles. The Morgan fingerprint density at radius 1 is 1.17 bits per heavy atom. The lowest BCUT2D eigenvalue weighted by Crippen LogP contribution is -2.35. The Kier molecular flexibility index (Phi) is 3.69. The summed E-state index contributed by atoms with van der Waals surface area (Å²) in [5, 5.41) is 0.686. The van der Waals surface area contributed by atoms with Gasteiger partial charge in [0.2, 0.25) is 0 Å². The van der Waals surface area contributed by atoms with Crippen molar-refractivity contribution in [2.24, 2.45) is 5.73 Å². The average Bonchev–Trinajstić information content (AvgIpc) is 2.32. The van der Waals surface area contributed by atoms with Gasteiger partial charge in [-0.1, -0.05) is 41.9 Å². The molecule has 1 atom stereocenters. The van der Waals surface area contributed by atoms with Gasteiger partial charge in [0.05, 0.1) is 0 Å². The summed E-state index contributed by atoms with van der Waals surface area (Å²) < 4.78 is 13.2. The lowest BCUT2D eigenvalue weighted by molar-refractivity contribution is 0.486. The monoisotopic (exact) mass is 263 g/mol. The first-order valence-electron chi connectivity index (χ1n) is 5.77. The van der Waals surface area contributed by atoms with E-state index in [0.717, 1.165) is 11.1 Å². The highest BCUT2D eigenvalue weighted by Crippen LogP contribution is 2.26. The van der Waals surface area contributed by atoms with E-state index in [9.17, 15) is 4.39 Å². The molecule has 94 valence electrons. The maximum atomic E-state index is 13.2. The van der Waals surface area contributed by atoms with E-state index in [1.54, 1.807) is 6.07 Å². The summed E-state index contributed by atoms with van der Waals surface area (Å²) in [6, 6.07) is 13.9. The lowest BCUT2D eigenvalue weighted by Gasteiger charge is -2.26. The summed E-state index contributed by atoms with van der Waals surface area (Å²) in [6.07, 6.45) is 0.566. The maximum Gasteiger partial charge on any atom is 0.123 e. The second-order valence-corrected chi connectivity index (χ2v) is 5.10. The molecule has 0 aliphatic heterocycles. The van der Waals surface area contributed by atoms with Gasteiger partial charge >= 0.3 is 0 Å². The normalized spacial score (nSPS) is 14.2. The van der Waals surface area contributed by atoms with Crippen molar-refractivity contribution in [3.8, 4) is 0 Å². The topological polar surface area (TPSA) is 26.0 Å². The van der Waals surface area contributed by atoms with Gasteiger partial charge in [0.15, 0.2) is 0 Å². The van der Waals surface area contributed by atoms with Crippen molar-refractivity contribution >= 4 is 11.6 Å². The van der Waals surface area contributed by atoms with Crippen molar-refractivity contribution in [2.45, 2.75) is 18.9 Å². The van der Waals surface area contributed by atoms with Crippen LogP contribution in [0.4, 0.5) is 4.39 Å². The Balaban J connectivity index is 2.30. The minimum Gasteiger partial charge on any atom is -0.321 e. The Morgan fingerprint density at radius 3 is 2.56 bits per heavy atom. The molecule has 0 aliphatic carbocycles. The molecule has 0 bridgehead atoms. The van der Waals surface area contributed by atoms with E-state index in [4.69, 9.17) is 17.3 Å². The van der Waals surface area contributed by atoms with Gasteiger partial charge in [-0.3, -0.25) is 0 Å². The predicted molar refractivity (Wildman–Crippen MR) is 73.1 cm³/mol. The zero-order valence-corrected chi connectivity index (χ0v) is 10.9. The SMILES string of the molecule is CC(N)(Cc1ccccc1Cl)c1cccc(F)c1. The van der Waals surface area contributed by atoms with E-state index in [-0.39, 0.29) is 5.82 Å². The molecule has 0 spiro atoms. The molecular formula is C15H15ClFN. The first-order chi connectivity index (χ1) is 8.49. The smallest absolute Gasteiger partial charge is 0.123 e. The highest BCUT2D eigenvalue weighted by Gasteiger charge is 2.23.